The number of carbonyl (C=O) groups excluding carboxylic acids is 1. The zero-order chi connectivity index (χ0) is 18.4. The van der Waals surface area contributed by atoms with E-state index >= 15 is 0 Å². The van der Waals surface area contributed by atoms with Crippen LogP contribution >= 0.6 is 11.6 Å². The Balaban J connectivity index is 1.65. The van der Waals surface area contributed by atoms with E-state index in [2.05, 4.69) is 0 Å². The first kappa shape index (κ1) is 18.0. The lowest BCUT2D eigenvalue weighted by atomic mass is 10.1. The highest BCUT2D eigenvalue weighted by atomic mass is 35.5. The average molecular weight is 366 g/mol. The molecule has 0 atom stereocenters. The minimum Gasteiger partial charge on any atom is -0.483 e. The van der Waals surface area contributed by atoms with Gasteiger partial charge in [-0.05, 0) is 29.3 Å². The molecular formula is C22H20ClNO2. The first-order valence-corrected chi connectivity index (χ1v) is 8.77. The third-order valence-electron chi connectivity index (χ3n) is 4.06. The molecule has 3 aromatic rings. The van der Waals surface area contributed by atoms with Gasteiger partial charge in [0.25, 0.3) is 5.91 Å². The highest BCUT2D eigenvalue weighted by Gasteiger charge is 2.12. The molecule has 0 aliphatic carbocycles. The maximum Gasteiger partial charge on any atom is 0.260 e. The number of carbonyl (C=O) groups is 1. The van der Waals surface area contributed by atoms with E-state index in [0.717, 1.165) is 16.7 Å². The van der Waals surface area contributed by atoms with Crippen molar-refractivity contribution < 1.29 is 9.53 Å². The van der Waals surface area contributed by atoms with Crippen LogP contribution in [0, 0.1) is 0 Å². The van der Waals surface area contributed by atoms with Gasteiger partial charge in [0.15, 0.2) is 6.61 Å². The largest absolute Gasteiger partial charge is 0.483 e. The molecule has 1 amide bonds. The minimum atomic E-state index is -0.0900. The number of ether oxygens (including phenoxy) is 1. The molecule has 0 aliphatic heterocycles. The molecule has 0 bridgehead atoms. The van der Waals surface area contributed by atoms with Gasteiger partial charge in [-0.2, -0.15) is 0 Å². The number of nitrogens with zero attached hydrogens (tertiary/aromatic N) is 1. The number of amides is 1. The third-order valence-corrected chi connectivity index (χ3v) is 4.29. The number of halogens is 1. The van der Waals surface area contributed by atoms with Crippen molar-refractivity contribution in [2.24, 2.45) is 0 Å². The van der Waals surface area contributed by atoms with Gasteiger partial charge in [0.1, 0.15) is 5.75 Å². The number of benzene rings is 3. The third kappa shape index (κ3) is 4.64. The van der Waals surface area contributed by atoms with E-state index in [1.54, 1.807) is 11.9 Å². The summed E-state index contributed by atoms with van der Waals surface area (Å²) in [5, 5.41) is 0.663. The molecule has 0 N–H and O–H groups in total. The number of likely N-dealkylation sites (N-methyl/N-ethyl adjacent to an activating group) is 1. The predicted molar refractivity (Wildman–Crippen MR) is 105 cm³/mol. The van der Waals surface area contributed by atoms with E-state index in [1.165, 1.54) is 0 Å². The lowest BCUT2D eigenvalue weighted by molar-refractivity contribution is -0.132. The molecule has 0 aliphatic rings. The Bertz CT molecular complexity index is 880. The summed E-state index contributed by atoms with van der Waals surface area (Å²) in [6.07, 6.45) is 0. The maximum absolute atomic E-state index is 12.4. The molecule has 3 aromatic carbocycles. The van der Waals surface area contributed by atoms with Crippen LogP contribution in [0.2, 0.25) is 5.02 Å². The van der Waals surface area contributed by atoms with Gasteiger partial charge >= 0.3 is 0 Å². The number of para-hydroxylation sites is 1. The molecule has 0 unspecified atom stereocenters. The van der Waals surface area contributed by atoms with Crippen LogP contribution in [0.3, 0.4) is 0 Å². The van der Waals surface area contributed by atoms with E-state index in [1.807, 2.05) is 78.9 Å². The van der Waals surface area contributed by atoms with Crippen molar-refractivity contribution in [1.82, 2.24) is 4.90 Å². The quantitative estimate of drug-likeness (QED) is 0.612. The Labute approximate surface area is 158 Å². The van der Waals surface area contributed by atoms with Gasteiger partial charge in [-0.25, -0.2) is 0 Å². The molecule has 0 spiro atoms. The van der Waals surface area contributed by atoms with Crippen LogP contribution in [0.5, 0.6) is 5.75 Å². The monoisotopic (exact) mass is 365 g/mol. The summed E-state index contributed by atoms with van der Waals surface area (Å²) in [4.78, 5) is 14.1. The molecular weight excluding hydrogens is 346 g/mol. The predicted octanol–water partition coefficient (Wildman–Crippen LogP) is 5.04. The molecule has 0 saturated carbocycles. The Morgan fingerprint density at radius 1 is 0.962 bits per heavy atom. The van der Waals surface area contributed by atoms with Crippen LogP contribution in [-0.4, -0.2) is 24.5 Å². The summed E-state index contributed by atoms with van der Waals surface area (Å²) < 4.78 is 5.82. The molecule has 26 heavy (non-hydrogen) atoms. The Hall–Kier alpha value is -2.78. The number of hydrogen-bond acceptors (Lipinski definition) is 2. The second kappa shape index (κ2) is 8.54. The van der Waals surface area contributed by atoms with Crippen LogP contribution in [0.1, 0.15) is 5.56 Å². The molecule has 3 nitrogen and oxygen atoms in total. The second-order valence-electron chi connectivity index (χ2n) is 6.03. The van der Waals surface area contributed by atoms with Gasteiger partial charge in [-0.15, -0.1) is 0 Å². The fraction of sp³-hybridized carbons (Fsp3) is 0.136. The van der Waals surface area contributed by atoms with Gasteiger partial charge in [0, 0.05) is 24.2 Å². The van der Waals surface area contributed by atoms with Crippen LogP contribution < -0.4 is 4.74 Å². The van der Waals surface area contributed by atoms with Crippen LogP contribution in [0.25, 0.3) is 11.1 Å². The van der Waals surface area contributed by atoms with Gasteiger partial charge < -0.3 is 9.64 Å². The van der Waals surface area contributed by atoms with Crippen molar-refractivity contribution in [3.8, 4) is 16.9 Å². The summed E-state index contributed by atoms with van der Waals surface area (Å²) in [5.41, 5.74) is 3.01. The fourth-order valence-electron chi connectivity index (χ4n) is 2.70. The zero-order valence-electron chi connectivity index (χ0n) is 14.6. The molecule has 0 fully saturated rings. The SMILES string of the molecule is CN(Cc1cccc(Cl)c1)C(=O)COc1ccccc1-c1ccccc1. The first-order chi connectivity index (χ1) is 12.6. The lowest BCUT2D eigenvalue weighted by Gasteiger charge is -2.18. The van der Waals surface area contributed by atoms with Gasteiger partial charge in [-0.1, -0.05) is 72.3 Å². The fourth-order valence-corrected chi connectivity index (χ4v) is 2.91. The Morgan fingerprint density at radius 3 is 2.46 bits per heavy atom. The van der Waals surface area contributed by atoms with E-state index in [4.69, 9.17) is 16.3 Å². The summed E-state index contributed by atoms with van der Waals surface area (Å²) in [6, 6.07) is 25.2. The van der Waals surface area contributed by atoms with E-state index in [0.29, 0.717) is 17.3 Å². The van der Waals surface area contributed by atoms with Gasteiger partial charge in [-0.3, -0.25) is 4.79 Å². The van der Waals surface area contributed by atoms with Crippen molar-refractivity contribution in [1.29, 1.82) is 0 Å². The summed E-state index contributed by atoms with van der Waals surface area (Å²) in [5.74, 6) is 0.607. The Morgan fingerprint density at radius 2 is 1.69 bits per heavy atom. The summed E-state index contributed by atoms with van der Waals surface area (Å²) in [7, 11) is 1.76. The van der Waals surface area contributed by atoms with Crippen LogP contribution in [0.15, 0.2) is 78.9 Å². The van der Waals surface area contributed by atoms with Crippen molar-refractivity contribution in [3.63, 3.8) is 0 Å². The van der Waals surface area contributed by atoms with Gasteiger partial charge in [0.05, 0.1) is 0 Å². The molecule has 0 saturated heterocycles. The molecule has 0 heterocycles. The van der Waals surface area contributed by atoms with Gasteiger partial charge in [0.2, 0.25) is 0 Å². The van der Waals surface area contributed by atoms with Crippen molar-refractivity contribution in [2.45, 2.75) is 6.54 Å². The van der Waals surface area contributed by atoms with Crippen LogP contribution in [-0.2, 0) is 11.3 Å². The Kier molecular flexibility index (Phi) is 5.92. The molecule has 0 radical (unpaired) electrons. The molecule has 3 rings (SSSR count). The normalized spacial score (nSPS) is 10.4. The molecule has 4 heteroatoms. The van der Waals surface area contributed by atoms with E-state index in [9.17, 15) is 4.79 Å². The number of rotatable bonds is 6. The lowest BCUT2D eigenvalue weighted by Crippen LogP contribution is -2.31. The highest BCUT2D eigenvalue weighted by molar-refractivity contribution is 6.30. The van der Waals surface area contributed by atoms with Crippen molar-refractivity contribution in [2.75, 3.05) is 13.7 Å². The molecule has 132 valence electrons. The summed E-state index contributed by atoms with van der Waals surface area (Å²) >= 11 is 6.00. The average Bonchev–Trinajstić information content (AvgIpc) is 2.67. The zero-order valence-corrected chi connectivity index (χ0v) is 15.3. The topological polar surface area (TPSA) is 29.5 Å². The van der Waals surface area contributed by atoms with Crippen LogP contribution in [0.4, 0.5) is 0 Å². The maximum atomic E-state index is 12.4. The second-order valence-corrected chi connectivity index (χ2v) is 6.47. The van der Waals surface area contributed by atoms with Crippen molar-refractivity contribution in [3.05, 3.63) is 89.4 Å². The highest BCUT2D eigenvalue weighted by Crippen LogP contribution is 2.29. The number of hydrogen-bond donors (Lipinski definition) is 0. The summed E-state index contributed by atoms with van der Waals surface area (Å²) in [6.45, 7) is 0.476. The first-order valence-electron chi connectivity index (χ1n) is 8.39. The van der Waals surface area contributed by atoms with E-state index in [-0.39, 0.29) is 12.5 Å². The van der Waals surface area contributed by atoms with E-state index < -0.39 is 0 Å². The van der Waals surface area contributed by atoms with Crippen molar-refractivity contribution >= 4 is 17.5 Å². The standard InChI is InChI=1S/C22H20ClNO2/c1-24(15-17-8-7-11-19(23)14-17)22(25)16-26-21-13-6-5-12-20(21)18-9-3-2-4-10-18/h2-14H,15-16H2,1H3. The minimum absolute atomic E-state index is 0.0130. The molecule has 0 aromatic heterocycles. The smallest absolute Gasteiger partial charge is 0.260 e.